The molecule has 3 rings (SSSR count). The van der Waals surface area contributed by atoms with Crippen molar-refractivity contribution in [2.75, 3.05) is 6.54 Å². The maximum atomic E-state index is 12.2. The summed E-state index contributed by atoms with van der Waals surface area (Å²) in [6.45, 7) is -0.0106. The number of hydrogen-bond acceptors (Lipinski definition) is 2. The Morgan fingerprint density at radius 1 is 0.625 bits per heavy atom. The smallest absolute Gasteiger partial charge is 0.251 e. The molecular formula is C21H17NO2. The van der Waals surface area contributed by atoms with Crippen molar-refractivity contribution < 1.29 is 9.59 Å². The molecule has 0 heterocycles. The van der Waals surface area contributed by atoms with E-state index in [1.54, 1.807) is 36.4 Å². The first kappa shape index (κ1) is 15.7. The van der Waals surface area contributed by atoms with E-state index in [-0.39, 0.29) is 18.2 Å². The highest BCUT2D eigenvalue weighted by Gasteiger charge is 2.09. The van der Waals surface area contributed by atoms with Gasteiger partial charge in [-0.15, -0.1) is 0 Å². The summed E-state index contributed by atoms with van der Waals surface area (Å²) in [5.41, 5.74) is 3.28. The van der Waals surface area contributed by atoms with Gasteiger partial charge in [-0.1, -0.05) is 72.8 Å². The number of Topliss-reactive ketones (excluding diaryl/α,β-unsaturated/α-hetero) is 1. The summed E-state index contributed by atoms with van der Waals surface area (Å²) in [6.07, 6.45) is 0. The molecule has 0 atom stereocenters. The van der Waals surface area contributed by atoms with Gasteiger partial charge in [0, 0.05) is 11.1 Å². The molecule has 0 saturated heterocycles. The molecule has 3 nitrogen and oxygen atoms in total. The standard InChI is InChI=1S/C21H17NO2/c23-20(18-9-5-2-6-10-18)15-22-21(24)19-13-11-17(12-14-19)16-7-3-1-4-8-16/h1-14H,15H2,(H,22,24). The molecule has 3 heteroatoms. The zero-order valence-corrected chi connectivity index (χ0v) is 13.1. The van der Waals surface area contributed by atoms with Crippen LogP contribution in [0.15, 0.2) is 84.9 Å². The van der Waals surface area contributed by atoms with Crippen molar-refractivity contribution in [3.05, 3.63) is 96.1 Å². The average Bonchev–Trinajstić information content (AvgIpc) is 2.67. The van der Waals surface area contributed by atoms with Crippen LogP contribution in [0.25, 0.3) is 11.1 Å². The molecule has 0 bridgehead atoms. The molecule has 0 aliphatic rings. The molecule has 0 unspecified atom stereocenters. The molecule has 1 N–H and O–H groups in total. The maximum absolute atomic E-state index is 12.2. The Labute approximate surface area is 141 Å². The van der Waals surface area contributed by atoms with Crippen LogP contribution in [0.3, 0.4) is 0 Å². The number of ketones is 1. The summed E-state index contributed by atoms with van der Waals surface area (Å²) < 4.78 is 0. The Morgan fingerprint density at radius 2 is 1.17 bits per heavy atom. The minimum absolute atomic E-state index is 0.0106. The molecule has 0 radical (unpaired) electrons. The second-order valence-electron chi connectivity index (χ2n) is 5.42. The first-order valence-electron chi connectivity index (χ1n) is 7.76. The Balaban J connectivity index is 1.62. The van der Waals surface area contributed by atoms with Gasteiger partial charge >= 0.3 is 0 Å². The predicted octanol–water partition coefficient (Wildman–Crippen LogP) is 3.97. The molecule has 24 heavy (non-hydrogen) atoms. The predicted molar refractivity (Wildman–Crippen MR) is 95.0 cm³/mol. The van der Waals surface area contributed by atoms with Crippen LogP contribution in [0.5, 0.6) is 0 Å². The second-order valence-corrected chi connectivity index (χ2v) is 5.42. The average molecular weight is 315 g/mol. The van der Waals surface area contributed by atoms with E-state index in [4.69, 9.17) is 0 Å². The number of nitrogens with one attached hydrogen (secondary N) is 1. The van der Waals surface area contributed by atoms with Crippen LogP contribution < -0.4 is 5.32 Å². The monoisotopic (exact) mass is 315 g/mol. The van der Waals surface area contributed by atoms with Crippen LogP contribution in [0.1, 0.15) is 20.7 Å². The fourth-order valence-electron chi connectivity index (χ4n) is 2.43. The first-order valence-corrected chi connectivity index (χ1v) is 7.76. The lowest BCUT2D eigenvalue weighted by Crippen LogP contribution is -2.29. The summed E-state index contributed by atoms with van der Waals surface area (Å²) >= 11 is 0. The maximum Gasteiger partial charge on any atom is 0.251 e. The van der Waals surface area contributed by atoms with Gasteiger partial charge in [-0.05, 0) is 23.3 Å². The van der Waals surface area contributed by atoms with E-state index < -0.39 is 0 Å². The van der Waals surface area contributed by atoms with Gasteiger partial charge in [-0.3, -0.25) is 9.59 Å². The van der Waals surface area contributed by atoms with E-state index in [1.807, 2.05) is 48.5 Å². The Bertz CT molecular complexity index is 825. The van der Waals surface area contributed by atoms with Gasteiger partial charge in [0.1, 0.15) is 0 Å². The zero-order chi connectivity index (χ0) is 16.8. The van der Waals surface area contributed by atoms with Crippen molar-refractivity contribution in [3.63, 3.8) is 0 Å². The number of carbonyl (C=O) groups excluding carboxylic acids is 2. The molecule has 0 aliphatic heterocycles. The minimum Gasteiger partial charge on any atom is -0.345 e. The van der Waals surface area contributed by atoms with Crippen molar-refractivity contribution in [2.24, 2.45) is 0 Å². The van der Waals surface area contributed by atoms with Gasteiger partial charge in [-0.25, -0.2) is 0 Å². The molecule has 0 spiro atoms. The fourth-order valence-corrected chi connectivity index (χ4v) is 2.43. The third kappa shape index (κ3) is 3.76. The van der Waals surface area contributed by atoms with Crippen LogP contribution in [0.4, 0.5) is 0 Å². The van der Waals surface area contributed by atoms with Crippen LogP contribution >= 0.6 is 0 Å². The van der Waals surface area contributed by atoms with E-state index in [0.29, 0.717) is 11.1 Å². The summed E-state index contributed by atoms with van der Waals surface area (Å²) in [5, 5.41) is 2.67. The van der Waals surface area contributed by atoms with Gasteiger partial charge in [0.15, 0.2) is 5.78 Å². The number of hydrogen-bond donors (Lipinski definition) is 1. The highest BCUT2D eigenvalue weighted by atomic mass is 16.2. The lowest BCUT2D eigenvalue weighted by atomic mass is 10.0. The van der Waals surface area contributed by atoms with E-state index in [0.717, 1.165) is 11.1 Å². The lowest BCUT2D eigenvalue weighted by Gasteiger charge is -2.06. The molecule has 1 amide bonds. The first-order chi connectivity index (χ1) is 11.7. The topological polar surface area (TPSA) is 46.2 Å². The molecule has 118 valence electrons. The third-order valence-electron chi connectivity index (χ3n) is 3.76. The highest BCUT2D eigenvalue weighted by Crippen LogP contribution is 2.19. The van der Waals surface area contributed by atoms with Crippen molar-refractivity contribution in [3.8, 4) is 11.1 Å². The Hall–Kier alpha value is -3.20. The lowest BCUT2D eigenvalue weighted by molar-refractivity contribution is 0.0904. The van der Waals surface area contributed by atoms with Crippen molar-refractivity contribution in [2.45, 2.75) is 0 Å². The second kappa shape index (κ2) is 7.38. The van der Waals surface area contributed by atoms with Crippen LogP contribution in [0.2, 0.25) is 0 Å². The van der Waals surface area contributed by atoms with E-state index >= 15 is 0 Å². The molecule has 0 saturated carbocycles. The summed E-state index contributed by atoms with van der Waals surface area (Å²) in [6, 6.07) is 26.2. The number of amides is 1. The van der Waals surface area contributed by atoms with Crippen molar-refractivity contribution in [1.82, 2.24) is 5.32 Å². The van der Waals surface area contributed by atoms with E-state index in [9.17, 15) is 9.59 Å². The van der Waals surface area contributed by atoms with Gasteiger partial charge in [0.05, 0.1) is 6.54 Å². The molecule has 3 aromatic carbocycles. The SMILES string of the molecule is O=C(CNC(=O)c1ccc(-c2ccccc2)cc1)c1ccccc1. The summed E-state index contributed by atoms with van der Waals surface area (Å²) in [5.74, 6) is -0.358. The van der Waals surface area contributed by atoms with Crippen molar-refractivity contribution >= 4 is 11.7 Å². The van der Waals surface area contributed by atoms with E-state index in [2.05, 4.69) is 5.32 Å². The zero-order valence-electron chi connectivity index (χ0n) is 13.1. The minimum atomic E-state index is -0.251. The van der Waals surface area contributed by atoms with Crippen LogP contribution in [-0.4, -0.2) is 18.2 Å². The summed E-state index contributed by atoms with van der Waals surface area (Å²) in [7, 11) is 0. The van der Waals surface area contributed by atoms with E-state index in [1.165, 1.54) is 0 Å². The van der Waals surface area contributed by atoms with Crippen LogP contribution in [0, 0.1) is 0 Å². The number of rotatable bonds is 5. The Morgan fingerprint density at radius 3 is 1.79 bits per heavy atom. The molecule has 3 aromatic rings. The fraction of sp³-hybridized carbons (Fsp3) is 0.0476. The molecule has 0 aromatic heterocycles. The van der Waals surface area contributed by atoms with Gasteiger partial charge in [0.2, 0.25) is 0 Å². The molecule has 0 fully saturated rings. The van der Waals surface area contributed by atoms with Gasteiger partial charge in [0.25, 0.3) is 5.91 Å². The summed E-state index contributed by atoms with van der Waals surface area (Å²) in [4.78, 5) is 24.2. The normalized spacial score (nSPS) is 10.2. The largest absolute Gasteiger partial charge is 0.345 e. The molecule has 0 aliphatic carbocycles. The Kier molecular flexibility index (Phi) is 4.82. The number of benzene rings is 3. The number of carbonyl (C=O) groups is 2. The quantitative estimate of drug-likeness (QED) is 0.724. The highest BCUT2D eigenvalue weighted by molar-refractivity contribution is 6.02. The van der Waals surface area contributed by atoms with Crippen molar-refractivity contribution in [1.29, 1.82) is 0 Å². The van der Waals surface area contributed by atoms with Crippen LogP contribution in [-0.2, 0) is 0 Å². The molecular weight excluding hydrogens is 298 g/mol. The van der Waals surface area contributed by atoms with Gasteiger partial charge < -0.3 is 5.32 Å². The van der Waals surface area contributed by atoms with Gasteiger partial charge in [-0.2, -0.15) is 0 Å². The third-order valence-corrected chi connectivity index (χ3v) is 3.76.